The lowest BCUT2D eigenvalue weighted by Crippen LogP contribution is -2.39. The summed E-state index contributed by atoms with van der Waals surface area (Å²) in [6.07, 6.45) is 1.96. The van der Waals surface area contributed by atoms with Gasteiger partial charge in [-0.15, -0.1) is 0 Å². The Bertz CT molecular complexity index is 404. The van der Waals surface area contributed by atoms with Crippen LogP contribution in [-0.2, 0) is 4.79 Å². The van der Waals surface area contributed by atoms with E-state index < -0.39 is 11.9 Å². The minimum atomic E-state index is -0.618. The number of amides is 1. The first-order valence-corrected chi connectivity index (χ1v) is 5.92. The molecule has 0 heterocycles. The molecule has 0 bridgehead atoms. The molecule has 92 valence electrons. The molecule has 1 aliphatic carbocycles. The van der Waals surface area contributed by atoms with Crippen LogP contribution in [0.5, 0.6) is 5.75 Å². The molecule has 17 heavy (non-hydrogen) atoms. The Hall–Kier alpha value is -1.58. The van der Waals surface area contributed by atoms with Gasteiger partial charge in [0.15, 0.2) is 17.7 Å². The summed E-state index contributed by atoms with van der Waals surface area (Å²) >= 11 is 0. The molecule has 1 aromatic carbocycles. The number of nitrogens with one attached hydrogen (secondary N) is 1. The zero-order chi connectivity index (χ0) is 12.3. The molecule has 1 aromatic rings. The molecule has 0 spiro atoms. The molecule has 0 aromatic heterocycles. The molecule has 0 unspecified atom stereocenters. The van der Waals surface area contributed by atoms with Gasteiger partial charge in [0.2, 0.25) is 0 Å². The number of halogens is 1. The second-order valence-corrected chi connectivity index (χ2v) is 4.23. The number of hydrogen-bond donors (Lipinski definition) is 1. The molecule has 1 aliphatic rings. The lowest BCUT2D eigenvalue weighted by Gasteiger charge is -2.17. The van der Waals surface area contributed by atoms with E-state index in [1.54, 1.807) is 12.1 Å². The van der Waals surface area contributed by atoms with E-state index in [-0.39, 0.29) is 11.7 Å². The molecule has 0 aliphatic heterocycles. The number of carbonyl (C=O) groups is 1. The zero-order valence-corrected chi connectivity index (χ0v) is 9.78. The van der Waals surface area contributed by atoms with Crippen LogP contribution in [0.3, 0.4) is 0 Å². The maximum atomic E-state index is 13.4. The molecule has 1 fully saturated rings. The van der Waals surface area contributed by atoms with E-state index in [2.05, 4.69) is 5.32 Å². The third-order valence-electron chi connectivity index (χ3n) is 2.69. The van der Waals surface area contributed by atoms with Crippen LogP contribution in [0.4, 0.5) is 4.39 Å². The summed E-state index contributed by atoms with van der Waals surface area (Å²) in [6, 6.07) is 6.42. The van der Waals surface area contributed by atoms with Crippen molar-refractivity contribution in [2.75, 3.05) is 0 Å². The lowest BCUT2D eigenvalue weighted by atomic mass is 10.2. The van der Waals surface area contributed by atoms with E-state index >= 15 is 0 Å². The van der Waals surface area contributed by atoms with E-state index in [1.807, 2.05) is 6.92 Å². The molecule has 1 atom stereocenters. The first-order valence-electron chi connectivity index (χ1n) is 5.92. The zero-order valence-electron chi connectivity index (χ0n) is 9.78. The molecule has 1 amide bonds. The van der Waals surface area contributed by atoms with E-state index in [1.165, 1.54) is 12.1 Å². The SMILES string of the molecule is CC[C@H](Oc1ccccc1F)C(=O)NC1CC1. The Morgan fingerprint density at radius 2 is 2.24 bits per heavy atom. The van der Waals surface area contributed by atoms with Gasteiger partial charge < -0.3 is 10.1 Å². The van der Waals surface area contributed by atoms with E-state index in [9.17, 15) is 9.18 Å². The van der Waals surface area contributed by atoms with E-state index in [0.717, 1.165) is 12.8 Å². The minimum Gasteiger partial charge on any atom is -0.478 e. The van der Waals surface area contributed by atoms with Crippen molar-refractivity contribution in [1.29, 1.82) is 0 Å². The molecular formula is C13H16FNO2. The highest BCUT2D eigenvalue weighted by atomic mass is 19.1. The first-order chi connectivity index (χ1) is 8.20. The normalized spacial score (nSPS) is 16.4. The molecular weight excluding hydrogens is 221 g/mol. The summed E-state index contributed by atoms with van der Waals surface area (Å²) in [7, 11) is 0. The van der Waals surface area contributed by atoms with Gasteiger partial charge in [0, 0.05) is 6.04 Å². The fourth-order valence-electron chi connectivity index (χ4n) is 1.54. The summed E-state index contributed by atoms with van der Waals surface area (Å²) in [5, 5.41) is 2.86. The van der Waals surface area contributed by atoms with Crippen molar-refractivity contribution >= 4 is 5.91 Å². The minimum absolute atomic E-state index is 0.130. The van der Waals surface area contributed by atoms with E-state index in [4.69, 9.17) is 4.74 Å². The molecule has 1 saturated carbocycles. The average Bonchev–Trinajstić information content (AvgIpc) is 3.11. The number of carbonyl (C=O) groups excluding carboxylic acids is 1. The van der Waals surface area contributed by atoms with Crippen molar-refractivity contribution in [2.45, 2.75) is 38.3 Å². The van der Waals surface area contributed by atoms with Crippen LogP contribution in [-0.4, -0.2) is 18.1 Å². The van der Waals surface area contributed by atoms with Gasteiger partial charge in [-0.3, -0.25) is 4.79 Å². The highest BCUT2D eigenvalue weighted by Gasteiger charge is 2.28. The van der Waals surface area contributed by atoms with Gasteiger partial charge in [0.25, 0.3) is 5.91 Å². The smallest absolute Gasteiger partial charge is 0.261 e. The molecule has 2 rings (SSSR count). The quantitative estimate of drug-likeness (QED) is 0.853. The second-order valence-electron chi connectivity index (χ2n) is 4.23. The fraction of sp³-hybridized carbons (Fsp3) is 0.462. The van der Waals surface area contributed by atoms with Gasteiger partial charge in [-0.2, -0.15) is 0 Å². The van der Waals surface area contributed by atoms with Crippen LogP contribution >= 0.6 is 0 Å². The van der Waals surface area contributed by atoms with Gasteiger partial charge in [-0.05, 0) is 31.4 Å². The topological polar surface area (TPSA) is 38.3 Å². The lowest BCUT2D eigenvalue weighted by molar-refractivity contribution is -0.128. The van der Waals surface area contributed by atoms with Crippen LogP contribution in [0.15, 0.2) is 24.3 Å². The Morgan fingerprint density at radius 1 is 1.53 bits per heavy atom. The van der Waals surface area contributed by atoms with Crippen molar-refractivity contribution in [3.63, 3.8) is 0 Å². The van der Waals surface area contributed by atoms with Crippen molar-refractivity contribution in [2.24, 2.45) is 0 Å². The number of ether oxygens (including phenoxy) is 1. The van der Waals surface area contributed by atoms with Crippen LogP contribution in [0, 0.1) is 5.82 Å². The van der Waals surface area contributed by atoms with Crippen LogP contribution in [0.1, 0.15) is 26.2 Å². The van der Waals surface area contributed by atoms with E-state index in [0.29, 0.717) is 12.5 Å². The molecule has 0 radical (unpaired) electrons. The Balaban J connectivity index is 1.98. The van der Waals surface area contributed by atoms with Crippen LogP contribution < -0.4 is 10.1 Å². The average molecular weight is 237 g/mol. The summed E-state index contributed by atoms with van der Waals surface area (Å²) in [6.45, 7) is 1.85. The number of benzene rings is 1. The van der Waals surface area contributed by atoms with Gasteiger partial charge in [-0.1, -0.05) is 19.1 Å². The fourth-order valence-corrected chi connectivity index (χ4v) is 1.54. The summed E-state index contributed by atoms with van der Waals surface area (Å²) < 4.78 is 18.8. The standard InChI is InChI=1S/C13H16FNO2/c1-2-11(13(16)15-9-7-8-9)17-12-6-4-3-5-10(12)14/h3-6,9,11H,2,7-8H2,1H3,(H,15,16)/t11-/m0/s1. The number of hydrogen-bond acceptors (Lipinski definition) is 2. The highest BCUT2D eigenvalue weighted by Crippen LogP contribution is 2.21. The van der Waals surface area contributed by atoms with Gasteiger partial charge >= 0.3 is 0 Å². The Kier molecular flexibility index (Phi) is 3.61. The second kappa shape index (κ2) is 5.17. The number of rotatable bonds is 5. The third-order valence-corrected chi connectivity index (χ3v) is 2.69. The predicted octanol–water partition coefficient (Wildman–Crippen LogP) is 2.26. The van der Waals surface area contributed by atoms with Crippen molar-refractivity contribution in [3.8, 4) is 5.75 Å². The Morgan fingerprint density at radius 3 is 2.82 bits per heavy atom. The molecule has 0 saturated heterocycles. The van der Waals surface area contributed by atoms with Crippen molar-refractivity contribution < 1.29 is 13.9 Å². The Labute approximate surface area is 100.0 Å². The first kappa shape index (κ1) is 11.9. The summed E-state index contributed by atoms with van der Waals surface area (Å²) in [5.74, 6) is -0.464. The van der Waals surface area contributed by atoms with Crippen molar-refractivity contribution in [3.05, 3.63) is 30.1 Å². The van der Waals surface area contributed by atoms with Gasteiger partial charge in [0.1, 0.15) is 0 Å². The third kappa shape index (κ3) is 3.19. The maximum Gasteiger partial charge on any atom is 0.261 e. The molecule has 3 nitrogen and oxygen atoms in total. The summed E-state index contributed by atoms with van der Waals surface area (Å²) in [4.78, 5) is 11.8. The highest BCUT2D eigenvalue weighted by molar-refractivity contribution is 5.81. The summed E-state index contributed by atoms with van der Waals surface area (Å²) in [5.41, 5.74) is 0. The molecule has 1 N–H and O–H groups in total. The predicted molar refractivity (Wildman–Crippen MR) is 62.3 cm³/mol. The number of para-hydroxylation sites is 1. The largest absolute Gasteiger partial charge is 0.478 e. The van der Waals surface area contributed by atoms with Gasteiger partial charge in [0.05, 0.1) is 0 Å². The monoisotopic (exact) mass is 237 g/mol. The van der Waals surface area contributed by atoms with Crippen LogP contribution in [0.25, 0.3) is 0 Å². The van der Waals surface area contributed by atoms with Gasteiger partial charge in [-0.25, -0.2) is 4.39 Å². The van der Waals surface area contributed by atoms with Crippen molar-refractivity contribution in [1.82, 2.24) is 5.32 Å². The molecule has 4 heteroatoms. The van der Waals surface area contributed by atoms with Crippen LogP contribution in [0.2, 0.25) is 0 Å². The maximum absolute atomic E-state index is 13.4.